The van der Waals surface area contributed by atoms with E-state index < -0.39 is 0 Å². The van der Waals surface area contributed by atoms with Crippen LogP contribution in [0, 0.1) is 0 Å². The summed E-state index contributed by atoms with van der Waals surface area (Å²) in [7, 11) is 0. The number of hydrogen-bond donors (Lipinski definition) is 1. The van der Waals surface area contributed by atoms with E-state index in [4.69, 9.17) is 0 Å². The lowest BCUT2D eigenvalue weighted by Gasteiger charge is -2.07. The smallest absolute Gasteiger partial charge is 0.224 e. The van der Waals surface area contributed by atoms with Crippen molar-refractivity contribution in [2.24, 2.45) is 0 Å². The van der Waals surface area contributed by atoms with E-state index >= 15 is 0 Å². The Morgan fingerprint density at radius 1 is 1.05 bits per heavy atom. The Morgan fingerprint density at radius 3 is 2.58 bits per heavy atom. The van der Waals surface area contributed by atoms with Gasteiger partial charge in [0.15, 0.2) is 0 Å². The minimum atomic E-state index is 0.0221. The number of rotatable bonds is 4. The van der Waals surface area contributed by atoms with E-state index in [2.05, 4.69) is 37.2 Å². The molecule has 0 heterocycles. The minimum Gasteiger partial charge on any atom is -0.352 e. The number of hydrogen-bond acceptors (Lipinski definition) is 1. The van der Waals surface area contributed by atoms with Gasteiger partial charge in [0.05, 0.1) is 6.42 Å². The van der Waals surface area contributed by atoms with Gasteiger partial charge in [0, 0.05) is 15.5 Å². The normalized spacial score (nSPS) is 10.2. The van der Waals surface area contributed by atoms with Crippen LogP contribution in [0.5, 0.6) is 0 Å². The van der Waals surface area contributed by atoms with Crippen molar-refractivity contribution >= 4 is 37.8 Å². The maximum atomic E-state index is 11.9. The number of carbonyl (C=O) groups excluding carboxylic acids is 1. The lowest BCUT2D eigenvalue weighted by molar-refractivity contribution is -0.120. The van der Waals surface area contributed by atoms with E-state index in [1.54, 1.807) is 0 Å². The molecular weight excluding hydrogens is 370 g/mol. The van der Waals surface area contributed by atoms with E-state index in [1.165, 1.54) is 0 Å². The first-order valence-corrected chi connectivity index (χ1v) is 7.48. The second-order valence-corrected chi connectivity index (χ2v) is 5.94. The quantitative estimate of drug-likeness (QED) is 0.848. The van der Waals surface area contributed by atoms with Crippen LogP contribution >= 0.6 is 31.9 Å². The highest BCUT2D eigenvalue weighted by Gasteiger charge is 2.05. The molecule has 2 rings (SSSR count). The van der Waals surface area contributed by atoms with Crippen molar-refractivity contribution in [1.29, 1.82) is 0 Å². The lowest BCUT2D eigenvalue weighted by Crippen LogP contribution is -2.24. The predicted octanol–water partition coefficient (Wildman–Crippen LogP) is 4.07. The summed E-state index contributed by atoms with van der Waals surface area (Å²) in [4.78, 5) is 11.9. The Balaban J connectivity index is 1.90. The molecule has 2 aromatic rings. The fraction of sp³-hybridized carbons (Fsp3) is 0.133. The van der Waals surface area contributed by atoms with Crippen LogP contribution in [0.4, 0.5) is 0 Å². The number of halogens is 2. The summed E-state index contributed by atoms with van der Waals surface area (Å²) in [5.74, 6) is 0.0221. The van der Waals surface area contributed by atoms with Crippen LogP contribution in [0.15, 0.2) is 57.5 Å². The Hall–Kier alpha value is -1.13. The summed E-state index contributed by atoms with van der Waals surface area (Å²) in [6.07, 6.45) is 0.393. The summed E-state index contributed by atoms with van der Waals surface area (Å²) < 4.78 is 2.00. The van der Waals surface area contributed by atoms with Crippen LogP contribution in [0.3, 0.4) is 0 Å². The second-order valence-electron chi connectivity index (χ2n) is 4.17. The third-order valence-corrected chi connectivity index (χ3v) is 3.95. The Morgan fingerprint density at radius 2 is 1.84 bits per heavy atom. The van der Waals surface area contributed by atoms with Gasteiger partial charge in [-0.25, -0.2) is 0 Å². The highest BCUT2D eigenvalue weighted by atomic mass is 79.9. The fourth-order valence-electron chi connectivity index (χ4n) is 1.73. The molecule has 0 aliphatic rings. The summed E-state index contributed by atoms with van der Waals surface area (Å²) >= 11 is 6.86. The van der Waals surface area contributed by atoms with E-state index in [0.717, 1.165) is 20.1 Å². The topological polar surface area (TPSA) is 29.1 Å². The van der Waals surface area contributed by atoms with Crippen LogP contribution in [0.2, 0.25) is 0 Å². The van der Waals surface area contributed by atoms with Crippen LogP contribution < -0.4 is 5.32 Å². The van der Waals surface area contributed by atoms with Gasteiger partial charge in [0.2, 0.25) is 5.91 Å². The van der Waals surface area contributed by atoms with Crippen LogP contribution in [-0.4, -0.2) is 5.91 Å². The van der Waals surface area contributed by atoms with E-state index in [9.17, 15) is 4.79 Å². The highest BCUT2D eigenvalue weighted by Crippen LogP contribution is 2.15. The highest BCUT2D eigenvalue weighted by molar-refractivity contribution is 9.10. The van der Waals surface area contributed by atoms with Gasteiger partial charge in [-0.1, -0.05) is 62.2 Å². The molecule has 0 aromatic heterocycles. The van der Waals surface area contributed by atoms with E-state index in [-0.39, 0.29) is 5.91 Å². The van der Waals surface area contributed by atoms with Gasteiger partial charge in [0.1, 0.15) is 0 Å². The summed E-state index contributed by atoms with van der Waals surface area (Å²) in [6.45, 7) is 0.536. The molecule has 0 saturated carbocycles. The summed E-state index contributed by atoms with van der Waals surface area (Å²) in [5.41, 5.74) is 2.07. The van der Waals surface area contributed by atoms with Gasteiger partial charge in [-0.3, -0.25) is 4.79 Å². The Labute approximate surface area is 129 Å². The zero-order chi connectivity index (χ0) is 13.7. The standard InChI is InChI=1S/C15H13Br2NO/c16-13-6-3-4-11(8-13)9-15(19)18-10-12-5-1-2-7-14(12)17/h1-8H,9-10H2,(H,18,19). The second kappa shape index (κ2) is 6.87. The van der Waals surface area contributed by atoms with Gasteiger partial charge in [-0.15, -0.1) is 0 Å². The zero-order valence-electron chi connectivity index (χ0n) is 10.2. The first kappa shape index (κ1) is 14.3. The Kier molecular flexibility index (Phi) is 5.16. The van der Waals surface area contributed by atoms with Crippen LogP contribution in [0.25, 0.3) is 0 Å². The van der Waals surface area contributed by atoms with E-state index in [1.807, 2.05) is 48.5 Å². The van der Waals surface area contributed by atoms with Crippen molar-refractivity contribution in [3.8, 4) is 0 Å². The van der Waals surface area contributed by atoms with Gasteiger partial charge in [-0.2, -0.15) is 0 Å². The molecule has 98 valence electrons. The Bertz CT molecular complexity index is 584. The molecule has 0 fully saturated rings. The third kappa shape index (κ3) is 4.48. The molecule has 0 spiro atoms. The zero-order valence-corrected chi connectivity index (χ0v) is 13.4. The van der Waals surface area contributed by atoms with Gasteiger partial charge >= 0.3 is 0 Å². The van der Waals surface area contributed by atoms with E-state index in [0.29, 0.717) is 13.0 Å². The summed E-state index contributed by atoms with van der Waals surface area (Å²) in [5, 5.41) is 2.92. The van der Waals surface area contributed by atoms with Crippen LogP contribution in [0.1, 0.15) is 11.1 Å². The molecule has 0 saturated heterocycles. The lowest BCUT2D eigenvalue weighted by atomic mass is 10.1. The van der Waals surface area contributed by atoms with Gasteiger partial charge in [-0.05, 0) is 29.3 Å². The number of nitrogens with one attached hydrogen (secondary N) is 1. The monoisotopic (exact) mass is 381 g/mol. The number of benzene rings is 2. The first-order chi connectivity index (χ1) is 9.15. The molecule has 4 heteroatoms. The maximum absolute atomic E-state index is 11.9. The summed E-state index contributed by atoms with van der Waals surface area (Å²) in [6, 6.07) is 15.7. The molecule has 0 unspecified atom stereocenters. The van der Waals surface area contributed by atoms with Crippen molar-refractivity contribution in [2.45, 2.75) is 13.0 Å². The first-order valence-electron chi connectivity index (χ1n) is 5.90. The molecule has 2 nitrogen and oxygen atoms in total. The van der Waals surface area contributed by atoms with Crippen molar-refractivity contribution in [3.05, 3.63) is 68.6 Å². The van der Waals surface area contributed by atoms with Gasteiger partial charge < -0.3 is 5.32 Å². The number of amides is 1. The van der Waals surface area contributed by atoms with Crippen molar-refractivity contribution in [1.82, 2.24) is 5.32 Å². The largest absolute Gasteiger partial charge is 0.352 e. The fourth-order valence-corrected chi connectivity index (χ4v) is 2.60. The predicted molar refractivity (Wildman–Crippen MR) is 83.8 cm³/mol. The van der Waals surface area contributed by atoms with Crippen molar-refractivity contribution in [3.63, 3.8) is 0 Å². The van der Waals surface area contributed by atoms with Crippen LogP contribution in [-0.2, 0) is 17.8 Å². The molecule has 0 atom stereocenters. The molecule has 1 N–H and O–H groups in total. The molecule has 0 aliphatic carbocycles. The average Bonchev–Trinajstić information content (AvgIpc) is 2.38. The van der Waals surface area contributed by atoms with Gasteiger partial charge in [0.25, 0.3) is 0 Å². The SMILES string of the molecule is O=C(Cc1cccc(Br)c1)NCc1ccccc1Br. The molecular formula is C15H13Br2NO. The molecule has 1 amide bonds. The molecule has 0 aliphatic heterocycles. The third-order valence-electron chi connectivity index (χ3n) is 2.69. The molecule has 0 radical (unpaired) electrons. The van der Waals surface area contributed by atoms with Crippen molar-refractivity contribution < 1.29 is 4.79 Å². The molecule has 0 bridgehead atoms. The molecule has 19 heavy (non-hydrogen) atoms. The minimum absolute atomic E-state index is 0.0221. The average molecular weight is 383 g/mol. The molecule has 2 aromatic carbocycles. The maximum Gasteiger partial charge on any atom is 0.224 e. The van der Waals surface area contributed by atoms with Crippen molar-refractivity contribution in [2.75, 3.05) is 0 Å². The number of carbonyl (C=O) groups is 1.